The van der Waals surface area contributed by atoms with E-state index in [1.165, 1.54) is 6.92 Å². The molecule has 1 rings (SSSR count). The second-order valence-corrected chi connectivity index (χ2v) is 10.8. The van der Waals surface area contributed by atoms with E-state index in [0.717, 1.165) is 35.0 Å². The number of amides is 3. The molecule has 0 aliphatic carbocycles. The SMILES string of the molecule is CC(=O)OCCSSCCC(C)(C)OCCC(C)(C)NC(=O)CN1C(=O)C=CC1=O. The van der Waals surface area contributed by atoms with Gasteiger partial charge in [-0.1, -0.05) is 21.6 Å². The third-order valence-corrected chi connectivity index (χ3v) is 6.61. The summed E-state index contributed by atoms with van der Waals surface area (Å²) in [6.45, 7) is 9.81. The molecule has 0 bridgehead atoms. The number of imide groups is 1. The first kappa shape index (κ1) is 26.5. The van der Waals surface area contributed by atoms with Gasteiger partial charge in [0.25, 0.3) is 11.8 Å². The van der Waals surface area contributed by atoms with Gasteiger partial charge < -0.3 is 14.8 Å². The molecular weight excluding hydrogens is 428 g/mol. The minimum absolute atomic E-state index is 0.260. The van der Waals surface area contributed by atoms with E-state index in [4.69, 9.17) is 9.47 Å². The molecule has 30 heavy (non-hydrogen) atoms. The number of hydrogen-bond acceptors (Lipinski definition) is 8. The Morgan fingerprint density at radius 3 is 2.20 bits per heavy atom. The number of hydrogen-bond donors (Lipinski definition) is 1. The van der Waals surface area contributed by atoms with Gasteiger partial charge in [0.1, 0.15) is 13.2 Å². The Labute approximate surface area is 186 Å². The Morgan fingerprint density at radius 1 is 1.00 bits per heavy atom. The third-order valence-electron chi connectivity index (χ3n) is 4.24. The lowest BCUT2D eigenvalue weighted by molar-refractivity contribution is -0.141. The number of nitrogens with one attached hydrogen (secondary N) is 1. The van der Waals surface area contributed by atoms with Gasteiger partial charge in [-0.25, -0.2) is 0 Å². The van der Waals surface area contributed by atoms with E-state index in [0.29, 0.717) is 19.6 Å². The molecule has 0 unspecified atom stereocenters. The van der Waals surface area contributed by atoms with Crippen LogP contribution in [0.25, 0.3) is 0 Å². The Kier molecular flexibility index (Phi) is 10.9. The summed E-state index contributed by atoms with van der Waals surface area (Å²) in [5.74, 6) is 0.0745. The zero-order chi connectivity index (χ0) is 22.8. The van der Waals surface area contributed by atoms with Crippen molar-refractivity contribution in [3.05, 3.63) is 12.2 Å². The van der Waals surface area contributed by atoms with Crippen LogP contribution in [0.1, 0.15) is 47.5 Å². The van der Waals surface area contributed by atoms with E-state index in [1.807, 2.05) is 27.7 Å². The van der Waals surface area contributed by atoms with Crippen LogP contribution in [-0.4, -0.2) is 71.0 Å². The standard InChI is InChI=1S/C20H32N2O6S2/c1-15(23)27-11-13-30-29-12-9-20(4,5)28-10-8-19(2,3)21-16(24)14-22-17(25)6-7-18(22)26/h6-7H,8-14H2,1-5H3,(H,21,24). The van der Waals surface area contributed by atoms with Crippen molar-refractivity contribution in [2.24, 2.45) is 0 Å². The maximum absolute atomic E-state index is 12.2. The molecule has 0 aromatic heterocycles. The van der Waals surface area contributed by atoms with Gasteiger partial charge in [-0.15, -0.1) is 0 Å². The van der Waals surface area contributed by atoms with E-state index in [1.54, 1.807) is 21.6 Å². The average Bonchev–Trinajstić information content (AvgIpc) is 2.91. The van der Waals surface area contributed by atoms with Crippen LogP contribution in [0.3, 0.4) is 0 Å². The number of esters is 1. The monoisotopic (exact) mass is 460 g/mol. The highest BCUT2D eigenvalue weighted by atomic mass is 33.1. The predicted octanol–water partition coefficient (Wildman–Crippen LogP) is 2.33. The Hall–Kier alpha value is -1.52. The predicted molar refractivity (Wildman–Crippen MR) is 119 cm³/mol. The summed E-state index contributed by atoms with van der Waals surface area (Å²) in [4.78, 5) is 46.9. The van der Waals surface area contributed by atoms with Gasteiger partial charge in [0, 0.05) is 42.7 Å². The Morgan fingerprint density at radius 2 is 1.60 bits per heavy atom. The van der Waals surface area contributed by atoms with Crippen LogP contribution in [0, 0.1) is 0 Å². The van der Waals surface area contributed by atoms with Crippen molar-refractivity contribution < 1.29 is 28.7 Å². The maximum Gasteiger partial charge on any atom is 0.302 e. The lowest BCUT2D eigenvalue weighted by Crippen LogP contribution is -2.49. The van der Waals surface area contributed by atoms with E-state index in [9.17, 15) is 19.2 Å². The van der Waals surface area contributed by atoms with Crippen molar-refractivity contribution in [1.29, 1.82) is 0 Å². The highest BCUT2D eigenvalue weighted by molar-refractivity contribution is 8.76. The molecule has 170 valence electrons. The summed E-state index contributed by atoms with van der Waals surface area (Å²) in [7, 11) is 3.38. The van der Waals surface area contributed by atoms with Gasteiger partial charge in [-0.05, 0) is 40.5 Å². The summed E-state index contributed by atoms with van der Waals surface area (Å²) in [6, 6.07) is 0. The first-order valence-corrected chi connectivity index (χ1v) is 12.3. The van der Waals surface area contributed by atoms with Crippen molar-refractivity contribution in [2.75, 3.05) is 31.3 Å². The zero-order valence-electron chi connectivity index (χ0n) is 18.3. The summed E-state index contributed by atoms with van der Waals surface area (Å²) < 4.78 is 10.9. The number of carbonyl (C=O) groups is 4. The molecule has 0 aromatic rings. The fraction of sp³-hybridized carbons (Fsp3) is 0.700. The lowest BCUT2D eigenvalue weighted by atomic mass is 10.0. The van der Waals surface area contributed by atoms with Crippen LogP contribution in [0.15, 0.2) is 12.2 Å². The Bertz CT molecular complexity index is 646. The van der Waals surface area contributed by atoms with E-state index >= 15 is 0 Å². The third kappa shape index (κ3) is 11.0. The van der Waals surface area contributed by atoms with E-state index in [2.05, 4.69) is 5.32 Å². The number of ether oxygens (including phenoxy) is 2. The summed E-state index contributed by atoms with van der Waals surface area (Å²) in [6.07, 6.45) is 3.77. The molecule has 1 aliphatic heterocycles. The normalized spacial score (nSPS) is 14.4. The van der Waals surface area contributed by atoms with Crippen molar-refractivity contribution in [1.82, 2.24) is 10.2 Å². The van der Waals surface area contributed by atoms with Crippen LogP contribution in [0.5, 0.6) is 0 Å². The quantitative estimate of drug-likeness (QED) is 0.182. The molecule has 1 aliphatic rings. The lowest BCUT2D eigenvalue weighted by Gasteiger charge is -2.30. The van der Waals surface area contributed by atoms with Crippen LogP contribution < -0.4 is 5.32 Å². The van der Waals surface area contributed by atoms with Crippen molar-refractivity contribution in [3.8, 4) is 0 Å². The largest absolute Gasteiger partial charge is 0.465 e. The molecule has 0 saturated carbocycles. The second-order valence-electron chi connectivity index (χ2n) is 8.12. The topological polar surface area (TPSA) is 102 Å². The molecular formula is C20H32N2O6S2. The first-order valence-electron chi connectivity index (χ1n) is 9.78. The summed E-state index contributed by atoms with van der Waals surface area (Å²) in [5.41, 5.74) is -0.836. The summed E-state index contributed by atoms with van der Waals surface area (Å²) >= 11 is 0. The highest BCUT2D eigenvalue weighted by Crippen LogP contribution is 2.26. The molecule has 0 radical (unpaired) electrons. The van der Waals surface area contributed by atoms with Crippen molar-refractivity contribution >= 4 is 45.3 Å². The molecule has 0 fully saturated rings. The smallest absolute Gasteiger partial charge is 0.302 e. The fourth-order valence-electron chi connectivity index (χ4n) is 2.49. The van der Waals surface area contributed by atoms with Gasteiger partial charge in [-0.2, -0.15) is 0 Å². The molecule has 0 spiro atoms. The maximum atomic E-state index is 12.2. The van der Waals surface area contributed by atoms with Gasteiger partial charge >= 0.3 is 5.97 Å². The zero-order valence-corrected chi connectivity index (χ0v) is 20.0. The summed E-state index contributed by atoms with van der Waals surface area (Å²) in [5, 5.41) is 2.85. The molecule has 10 heteroatoms. The molecule has 8 nitrogen and oxygen atoms in total. The molecule has 0 saturated heterocycles. The highest BCUT2D eigenvalue weighted by Gasteiger charge is 2.28. The van der Waals surface area contributed by atoms with Gasteiger partial charge in [0.15, 0.2) is 0 Å². The number of rotatable bonds is 14. The van der Waals surface area contributed by atoms with Crippen LogP contribution in [0.2, 0.25) is 0 Å². The van der Waals surface area contributed by atoms with Gasteiger partial charge in [0.2, 0.25) is 5.91 Å². The van der Waals surface area contributed by atoms with Crippen LogP contribution >= 0.6 is 21.6 Å². The second kappa shape index (κ2) is 12.4. The molecule has 0 aromatic carbocycles. The minimum Gasteiger partial charge on any atom is -0.465 e. The van der Waals surface area contributed by atoms with Crippen LogP contribution in [0.4, 0.5) is 0 Å². The van der Waals surface area contributed by atoms with Crippen LogP contribution in [-0.2, 0) is 28.7 Å². The fourth-order valence-corrected chi connectivity index (χ4v) is 4.61. The van der Waals surface area contributed by atoms with Gasteiger partial charge in [0.05, 0.1) is 5.60 Å². The number of nitrogens with zero attached hydrogens (tertiary/aromatic N) is 1. The minimum atomic E-state index is -0.534. The number of carbonyl (C=O) groups excluding carboxylic acids is 4. The van der Waals surface area contributed by atoms with E-state index < -0.39 is 17.4 Å². The first-order chi connectivity index (χ1) is 13.9. The van der Waals surface area contributed by atoms with Gasteiger partial charge in [-0.3, -0.25) is 24.1 Å². The molecule has 0 atom stereocenters. The Balaban J connectivity index is 2.22. The van der Waals surface area contributed by atoms with Crippen molar-refractivity contribution in [3.63, 3.8) is 0 Å². The molecule has 3 amide bonds. The molecule has 1 heterocycles. The average molecular weight is 461 g/mol. The van der Waals surface area contributed by atoms with Crippen molar-refractivity contribution in [2.45, 2.75) is 58.6 Å². The molecule has 1 N–H and O–H groups in total. The van der Waals surface area contributed by atoms with E-state index in [-0.39, 0.29) is 24.0 Å².